The molecular formula is C22H27NO3. The summed E-state index contributed by atoms with van der Waals surface area (Å²) in [6, 6.07) is 16.3. The molecule has 2 N–H and O–H groups in total. The van der Waals surface area contributed by atoms with Crippen molar-refractivity contribution in [3.05, 3.63) is 59.7 Å². The molecule has 26 heavy (non-hydrogen) atoms. The van der Waals surface area contributed by atoms with E-state index in [4.69, 9.17) is 4.74 Å². The van der Waals surface area contributed by atoms with Crippen molar-refractivity contribution in [2.24, 2.45) is 5.92 Å². The summed E-state index contributed by atoms with van der Waals surface area (Å²) in [4.78, 5) is 12.2. The van der Waals surface area contributed by atoms with Crippen molar-refractivity contribution in [3.63, 3.8) is 0 Å². The van der Waals surface area contributed by atoms with Gasteiger partial charge in [0, 0.05) is 5.92 Å². The second-order valence-corrected chi connectivity index (χ2v) is 7.32. The van der Waals surface area contributed by atoms with E-state index in [1.807, 2.05) is 24.3 Å². The maximum absolute atomic E-state index is 12.2. The van der Waals surface area contributed by atoms with Gasteiger partial charge in [-0.15, -0.1) is 0 Å². The number of carbonyl (C=O) groups is 1. The summed E-state index contributed by atoms with van der Waals surface area (Å²) in [7, 11) is 0. The predicted molar refractivity (Wildman–Crippen MR) is 103 cm³/mol. The highest BCUT2D eigenvalue weighted by atomic mass is 16.5. The first-order valence-electron chi connectivity index (χ1n) is 9.32. The molecule has 0 saturated heterocycles. The quantitative estimate of drug-likeness (QED) is 0.779. The van der Waals surface area contributed by atoms with Crippen LogP contribution in [0.3, 0.4) is 0 Å². The number of hydrogen-bond donors (Lipinski definition) is 2. The SMILES string of the molecule is CC(C)CCC(CO)NC(=O)OCC1c2ccccc2-c2ccccc21. The van der Waals surface area contributed by atoms with E-state index in [-0.39, 0.29) is 18.6 Å². The lowest BCUT2D eigenvalue weighted by atomic mass is 9.98. The zero-order chi connectivity index (χ0) is 18.5. The minimum absolute atomic E-state index is 0.0522. The minimum atomic E-state index is -0.463. The van der Waals surface area contributed by atoms with E-state index < -0.39 is 6.09 Å². The van der Waals surface area contributed by atoms with Crippen LogP contribution in [0.15, 0.2) is 48.5 Å². The van der Waals surface area contributed by atoms with Crippen LogP contribution in [-0.4, -0.2) is 30.5 Å². The lowest BCUT2D eigenvalue weighted by Crippen LogP contribution is -2.38. The van der Waals surface area contributed by atoms with Crippen molar-refractivity contribution >= 4 is 6.09 Å². The van der Waals surface area contributed by atoms with Gasteiger partial charge in [-0.1, -0.05) is 62.4 Å². The summed E-state index contributed by atoms with van der Waals surface area (Å²) in [6.45, 7) is 4.47. The molecule has 1 unspecified atom stereocenters. The molecule has 0 saturated carbocycles. The van der Waals surface area contributed by atoms with E-state index in [0.29, 0.717) is 12.5 Å². The molecule has 1 aliphatic rings. The molecule has 4 heteroatoms. The van der Waals surface area contributed by atoms with Gasteiger partial charge in [0.2, 0.25) is 0 Å². The number of aliphatic hydroxyl groups excluding tert-OH is 1. The van der Waals surface area contributed by atoms with Crippen molar-refractivity contribution in [1.29, 1.82) is 0 Å². The zero-order valence-electron chi connectivity index (χ0n) is 15.4. The fourth-order valence-corrected chi connectivity index (χ4v) is 3.55. The first-order valence-corrected chi connectivity index (χ1v) is 9.32. The van der Waals surface area contributed by atoms with Gasteiger partial charge >= 0.3 is 6.09 Å². The molecule has 0 fully saturated rings. The Morgan fingerprint density at radius 2 is 1.62 bits per heavy atom. The van der Waals surface area contributed by atoms with Crippen LogP contribution in [0, 0.1) is 5.92 Å². The zero-order valence-corrected chi connectivity index (χ0v) is 15.4. The summed E-state index contributed by atoms with van der Waals surface area (Å²) in [5, 5.41) is 12.2. The molecule has 0 bridgehead atoms. The molecule has 1 amide bonds. The Bertz CT molecular complexity index is 711. The van der Waals surface area contributed by atoms with E-state index in [1.165, 1.54) is 22.3 Å². The summed E-state index contributed by atoms with van der Waals surface area (Å²) < 4.78 is 5.52. The first kappa shape index (κ1) is 18.5. The molecule has 2 aromatic carbocycles. The topological polar surface area (TPSA) is 58.6 Å². The molecule has 0 aromatic heterocycles. The van der Waals surface area contributed by atoms with Gasteiger partial charge in [-0.25, -0.2) is 4.79 Å². The van der Waals surface area contributed by atoms with Crippen molar-refractivity contribution in [1.82, 2.24) is 5.32 Å². The van der Waals surface area contributed by atoms with Gasteiger partial charge in [-0.05, 0) is 41.0 Å². The van der Waals surface area contributed by atoms with Crippen LogP contribution < -0.4 is 5.32 Å². The number of alkyl carbamates (subject to hydrolysis) is 1. The van der Waals surface area contributed by atoms with Gasteiger partial charge < -0.3 is 15.2 Å². The van der Waals surface area contributed by atoms with Crippen molar-refractivity contribution in [3.8, 4) is 11.1 Å². The Morgan fingerprint density at radius 3 is 2.15 bits per heavy atom. The smallest absolute Gasteiger partial charge is 0.407 e. The van der Waals surface area contributed by atoms with Gasteiger partial charge in [-0.3, -0.25) is 0 Å². The van der Waals surface area contributed by atoms with Crippen molar-refractivity contribution < 1.29 is 14.6 Å². The summed E-state index contributed by atoms with van der Waals surface area (Å²) in [5.74, 6) is 0.588. The Labute approximate surface area is 155 Å². The van der Waals surface area contributed by atoms with Crippen LogP contribution in [0.1, 0.15) is 43.7 Å². The van der Waals surface area contributed by atoms with Crippen molar-refractivity contribution in [2.45, 2.75) is 38.6 Å². The Kier molecular flexibility index (Phi) is 5.94. The molecule has 3 rings (SSSR count). The fraction of sp³-hybridized carbons (Fsp3) is 0.409. The highest BCUT2D eigenvalue weighted by Crippen LogP contribution is 2.44. The number of carbonyl (C=O) groups excluding carboxylic acids is 1. The van der Waals surface area contributed by atoms with E-state index in [0.717, 1.165) is 12.8 Å². The second kappa shape index (κ2) is 8.37. The average molecular weight is 353 g/mol. The van der Waals surface area contributed by atoms with Gasteiger partial charge in [0.05, 0.1) is 12.6 Å². The van der Waals surface area contributed by atoms with Crippen molar-refractivity contribution in [2.75, 3.05) is 13.2 Å². The van der Waals surface area contributed by atoms with E-state index >= 15 is 0 Å². The Morgan fingerprint density at radius 1 is 1.04 bits per heavy atom. The molecule has 0 radical (unpaired) electrons. The number of ether oxygens (including phenoxy) is 1. The number of hydrogen-bond acceptors (Lipinski definition) is 3. The molecule has 0 spiro atoms. The molecular weight excluding hydrogens is 326 g/mol. The Hall–Kier alpha value is -2.33. The lowest BCUT2D eigenvalue weighted by Gasteiger charge is -2.19. The van der Waals surface area contributed by atoms with E-state index in [1.54, 1.807) is 0 Å². The second-order valence-electron chi connectivity index (χ2n) is 7.32. The van der Waals surface area contributed by atoms with Crippen LogP contribution >= 0.6 is 0 Å². The largest absolute Gasteiger partial charge is 0.449 e. The number of rotatable bonds is 7. The fourth-order valence-electron chi connectivity index (χ4n) is 3.55. The number of benzene rings is 2. The maximum Gasteiger partial charge on any atom is 0.407 e. The molecule has 2 aromatic rings. The molecule has 1 aliphatic carbocycles. The van der Waals surface area contributed by atoms with Gasteiger partial charge in [0.25, 0.3) is 0 Å². The number of aliphatic hydroxyl groups is 1. The Balaban J connectivity index is 1.63. The third kappa shape index (κ3) is 4.07. The number of amides is 1. The van der Waals surface area contributed by atoms with Gasteiger partial charge in [-0.2, -0.15) is 0 Å². The van der Waals surface area contributed by atoms with Crippen LogP contribution in [-0.2, 0) is 4.74 Å². The first-order chi connectivity index (χ1) is 12.6. The highest BCUT2D eigenvalue weighted by molar-refractivity contribution is 5.79. The summed E-state index contributed by atoms with van der Waals surface area (Å²) in [5.41, 5.74) is 4.81. The monoisotopic (exact) mass is 353 g/mol. The average Bonchev–Trinajstić information content (AvgIpc) is 2.97. The van der Waals surface area contributed by atoms with Crippen LogP contribution in [0.2, 0.25) is 0 Å². The minimum Gasteiger partial charge on any atom is -0.449 e. The van der Waals surface area contributed by atoms with E-state index in [2.05, 4.69) is 43.4 Å². The standard InChI is InChI=1S/C22H27NO3/c1-15(2)11-12-16(13-24)23-22(25)26-14-21-19-9-5-3-7-17(19)18-8-4-6-10-20(18)21/h3-10,15-16,21,24H,11-14H2,1-2H3,(H,23,25). The van der Waals surface area contributed by atoms with Crippen LogP contribution in [0.25, 0.3) is 11.1 Å². The predicted octanol–water partition coefficient (Wildman–Crippen LogP) is 4.32. The van der Waals surface area contributed by atoms with Crippen LogP contribution in [0.4, 0.5) is 4.79 Å². The molecule has 0 aliphatic heterocycles. The van der Waals surface area contributed by atoms with Gasteiger partial charge in [0.15, 0.2) is 0 Å². The molecule has 138 valence electrons. The molecule has 4 nitrogen and oxygen atoms in total. The van der Waals surface area contributed by atoms with Gasteiger partial charge in [0.1, 0.15) is 6.61 Å². The maximum atomic E-state index is 12.2. The van der Waals surface area contributed by atoms with Crippen LogP contribution in [0.5, 0.6) is 0 Å². The summed E-state index contributed by atoms with van der Waals surface area (Å²) in [6.07, 6.45) is 1.24. The molecule has 0 heterocycles. The number of fused-ring (bicyclic) bond motifs is 3. The number of nitrogens with one attached hydrogen (secondary N) is 1. The normalized spacial score (nSPS) is 14.0. The van der Waals surface area contributed by atoms with E-state index in [9.17, 15) is 9.90 Å². The third-order valence-corrected chi connectivity index (χ3v) is 4.98. The highest BCUT2D eigenvalue weighted by Gasteiger charge is 2.29. The molecule has 1 atom stereocenters. The summed E-state index contributed by atoms with van der Waals surface area (Å²) >= 11 is 0. The lowest BCUT2D eigenvalue weighted by molar-refractivity contribution is 0.130. The third-order valence-electron chi connectivity index (χ3n) is 4.98.